The van der Waals surface area contributed by atoms with Crippen molar-refractivity contribution in [3.63, 3.8) is 0 Å². The van der Waals surface area contributed by atoms with E-state index in [2.05, 4.69) is 35.9 Å². The molecular formula is C23H23BrN6OS. The van der Waals surface area contributed by atoms with E-state index in [4.69, 9.17) is 0 Å². The maximum atomic E-state index is 13.3. The number of aromatic nitrogens is 4. The standard InChI is InChI=1S/C23H23BrN6OS/c1-14-12-15(2)26-23(25-14)29-10-8-28(9-11-29)21(31)20-13-19-16(3)27-30(22(19)32-20)18-6-4-17(24)5-7-18/h4-7,12-13H,8-11H2,1-3H3. The summed E-state index contributed by atoms with van der Waals surface area (Å²) >= 11 is 4.98. The number of carbonyl (C=O) groups is 1. The van der Waals surface area contributed by atoms with Gasteiger partial charge >= 0.3 is 0 Å². The van der Waals surface area contributed by atoms with Crippen LogP contribution in [0.25, 0.3) is 15.9 Å². The number of hydrogen-bond acceptors (Lipinski definition) is 6. The Bertz CT molecular complexity index is 1280. The Balaban J connectivity index is 1.35. The molecule has 32 heavy (non-hydrogen) atoms. The summed E-state index contributed by atoms with van der Waals surface area (Å²) in [5.74, 6) is 0.829. The Hall–Kier alpha value is -2.78. The lowest BCUT2D eigenvalue weighted by Gasteiger charge is -2.34. The van der Waals surface area contributed by atoms with E-state index in [0.29, 0.717) is 13.1 Å². The average molecular weight is 511 g/mol. The summed E-state index contributed by atoms with van der Waals surface area (Å²) in [5.41, 5.74) is 3.84. The summed E-state index contributed by atoms with van der Waals surface area (Å²) in [6, 6.07) is 12.0. The number of piperazine rings is 1. The van der Waals surface area contributed by atoms with E-state index in [0.717, 1.165) is 61.4 Å². The second-order valence-corrected chi connectivity index (χ2v) is 9.98. The van der Waals surface area contributed by atoms with Crippen molar-refractivity contribution in [2.24, 2.45) is 0 Å². The number of benzene rings is 1. The highest BCUT2D eigenvalue weighted by Crippen LogP contribution is 2.31. The monoisotopic (exact) mass is 510 g/mol. The third-order valence-corrected chi connectivity index (χ3v) is 7.27. The molecule has 1 aliphatic heterocycles. The molecule has 1 amide bonds. The van der Waals surface area contributed by atoms with Crippen molar-refractivity contribution in [3.8, 4) is 5.69 Å². The predicted octanol–water partition coefficient (Wildman–Crippen LogP) is 4.53. The molecule has 0 unspecified atom stereocenters. The number of rotatable bonds is 3. The Labute approximate surface area is 198 Å². The Morgan fingerprint density at radius 1 is 0.969 bits per heavy atom. The van der Waals surface area contributed by atoms with Crippen LogP contribution in [0.5, 0.6) is 0 Å². The van der Waals surface area contributed by atoms with E-state index in [1.165, 1.54) is 11.3 Å². The second kappa shape index (κ2) is 8.29. The second-order valence-electron chi connectivity index (χ2n) is 8.03. The number of halogens is 1. The zero-order chi connectivity index (χ0) is 22.4. The first-order valence-electron chi connectivity index (χ1n) is 10.5. The molecule has 7 nitrogen and oxygen atoms in total. The molecule has 0 bridgehead atoms. The fourth-order valence-electron chi connectivity index (χ4n) is 4.02. The summed E-state index contributed by atoms with van der Waals surface area (Å²) in [4.78, 5) is 28.2. The molecule has 1 aliphatic rings. The molecule has 1 aromatic carbocycles. The highest BCUT2D eigenvalue weighted by atomic mass is 79.9. The lowest BCUT2D eigenvalue weighted by atomic mass is 10.2. The van der Waals surface area contributed by atoms with Gasteiger partial charge in [-0.1, -0.05) is 15.9 Å². The van der Waals surface area contributed by atoms with Crippen LogP contribution in [0.1, 0.15) is 26.8 Å². The van der Waals surface area contributed by atoms with Gasteiger partial charge < -0.3 is 9.80 Å². The minimum Gasteiger partial charge on any atom is -0.337 e. The van der Waals surface area contributed by atoms with Crippen molar-refractivity contribution in [1.82, 2.24) is 24.6 Å². The molecule has 0 saturated carbocycles. The number of anilines is 1. The van der Waals surface area contributed by atoms with Gasteiger partial charge in [-0.05, 0) is 57.2 Å². The first-order valence-corrected chi connectivity index (χ1v) is 12.1. The van der Waals surface area contributed by atoms with E-state index in [-0.39, 0.29) is 5.91 Å². The molecule has 3 aromatic heterocycles. The molecule has 0 spiro atoms. The largest absolute Gasteiger partial charge is 0.337 e. The third kappa shape index (κ3) is 3.91. The molecule has 1 saturated heterocycles. The van der Waals surface area contributed by atoms with E-state index in [1.54, 1.807) is 0 Å². The van der Waals surface area contributed by atoms with E-state index >= 15 is 0 Å². The number of thiophene rings is 1. The summed E-state index contributed by atoms with van der Waals surface area (Å²) in [6.07, 6.45) is 0. The van der Waals surface area contributed by atoms with Crippen molar-refractivity contribution in [3.05, 3.63) is 62.8 Å². The molecule has 0 atom stereocenters. The van der Waals surface area contributed by atoms with Crippen LogP contribution < -0.4 is 4.90 Å². The number of nitrogens with zero attached hydrogens (tertiary/aromatic N) is 6. The van der Waals surface area contributed by atoms with E-state index in [1.807, 2.05) is 66.8 Å². The van der Waals surface area contributed by atoms with Crippen molar-refractivity contribution >= 4 is 49.3 Å². The van der Waals surface area contributed by atoms with Crippen LogP contribution in [0, 0.1) is 20.8 Å². The number of amides is 1. The quantitative estimate of drug-likeness (QED) is 0.405. The predicted molar refractivity (Wildman–Crippen MR) is 131 cm³/mol. The molecule has 1 fully saturated rings. The van der Waals surface area contributed by atoms with Gasteiger partial charge in [0.1, 0.15) is 4.83 Å². The van der Waals surface area contributed by atoms with Gasteiger partial charge in [-0.2, -0.15) is 5.10 Å². The lowest BCUT2D eigenvalue weighted by molar-refractivity contribution is 0.0751. The van der Waals surface area contributed by atoms with E-state index in [9.17, 15) is 4.79 Å². The first-order chi connectivity index (χ1) is 15.4. The van der Waals surface area contributed by atoms with Gasteiger partial charge in [-0.15, -0.1) is 11.3 Å². The summed E-state index contributed by atoms with van der Waals surface area (Å²) in [5, 5.41) is 5.72. The van der Waals surface area contributed by atoms with Crippen LogP contribution in [-0.4, -0.2) is 56.7 Å². The Morgan fingerprint density at radius 2 is 1.62 bits per heavy atom. The molecule has 0 aliphatic carbocycles. The van der Waals surface area contributed by atoms with Gasteiger partial charge in [0.05, 0.1) is 16.3 Å². The highest BCUT2D eigenvalue weighted by molar-refractivity contribution is 9.10. The van der Waals surface area contributed by atoms with Gasteiger partial charge in [-0.25, -0.2) is 14.6 Å². The van der Waals surface area contributed by atoms with Crippen molar-refractivity contribution in [2.75, 3.05) is 31.1 Å². The van der Waals surface area contributed by atoms with Crippen LogP contribution in [0.15, 0.2) is 40.9 Å². The average Bonchev–Trinajstić information content (AvgIpc) is 3.34. The molecule has 0 radical (unpaired) electrons. The maximum absolute atomic E-state index is 13.3. The zero-order valence-corrected chi connectivity index (χ0v) is 20.6. The lowest BCUT2D eigenvalue weighted by Crippen LogP contribution is -2.49. The number of fused-ring (bicyclic) bond motifs is 1. The smallest absolute Gasteiger partial charge is 0.264 e. The van der Waals surface area contributed by atoms with Crippen LogP contribution in [0.2, 0.25) is 0 Å². The minimum atomic E-state index is 0.0777. The fourth-order valence-corrected chi connectivity index (χ4v) is 5.44. The number of hydrogen-bond donors (Lipinski definition) is 0. The molecule has 9 heteroatoms. The minimum absolute atomic E-state index is 0.0777. The molecule has 164 valence electrons. The summed E-state index contributed by atoms with van der Waals surface area (Å²) < 4.78 is 2.95. The van der Waals surface area contributed by atoms with Gasteiger partial charge in [0, 0.05) is 47.4 Å². The van der Waals surface area contributed by atoms with E-state index < -0.39 is 0 Å². The maximum Gasteiger partial charge on any atom is 0.264 e. The number of carbonyl (C=O) groups excluding carboxylic acids is 1. The van der Waals surface area contributed by atoms with Gasteiger partial charge in [-0.3, -0.25) is 4.79 Å². The Morgan fingerprint density at radius 3 is 2.28 bits per heavy atom. The molecule has 5 rings (SSSR count). The normalized spacial score (nSPS) is 14.4. The van der Waals surface area contributed by atoms with Crippen molar-refractivity contribution in [1.29, 1.82) is 0 Å². The summed E-state index contributed by atoms with van der Waals surface area (Å²) in [7, 11) is 0. The third-order valence-electron chi connectivity index (χ3n) is 5.65. The molecule has 0 N–H and O–H groups in total. The van der Waals surface area contributed by atoms with Gasteiger partial charge in [0.15, 0.2) is 0 Å². The summed E-state index contributed by atoms with van der Waals surface area (Å²) in [6.45, 7) is 8.72. The van der Waals surface area contributed by atoms with Crippen LogP contribution in [0.3, 0.4) is 0 Å². The molecular weight excluding hydrogens is 488 g/mol. The van der Waals surface area contributed by atoms with Crippen molar-refractivity contribution < 1.29 is 4.79 Å². The Kier molecular flexibility index (Phi) is 5.46. The highest BCUT2D eigenvalue weighted by Gasteiger charge is 2.26. The molecule has 4 aromatic rings. The topological polar surface area (TPSA) is 67.2 Å². The van der Waals surface area contributed by atoms with Crippen LogP contribution >= 0.6 is 27.3 Å². The fraction of sp³-hybridized carbons (Fsp3) is 0.304. The first kappa shape index (κ1) is 21.1. The zero-order valence-electron chi connectivity index (χ0n) is 18.2. The van der Waals surface area contributed by atoms with Crippen LogP contribution in [-0.2, 0) is 0 Å². The number of aryl methyl sites for hydroxylation is 3. The molecule has 4 heterocycles. The van der Waals surface area contributed by atoms with Gasteiger partial charge in [0.2, 0.25) is 5.95 Å². The van der Waals surface area contributed by atoms with Gasteiger partial charge in [0.25, 0.3) is 5.91 Å². The SMILES string of the molecule is Cc1cc(C)nc(N2CCN(C(=O)c3cc4c(C)nn(-c5ccc(Br)cc5)c4s3)CC2)n1. The van der Waals surface area contributed by atoms with Crippen molar-refractivity contribution in [2.45, 2.75) is 20.8 Å². The van der Waals surface area contributed by atoms with Crippen LogP contribution in [0.4, 0.5) is 5.95 Å².